The zero-order valence-corrected chi connectivity index (χ0v) is 12.1. The molecule has 0 aromatic heterocycles. The van der Waals surface area contributed by atoms with Gasteiger partial charge in [0.25, 0.3) is 0 Å². The molecule has 0 heterocycles. The topological polar surface area (TPSA) is 70.0 Å². The highest BCUT2D eigenvalue weighted by molar-refractivity contribution is 6.17. The number of hydrogen-bond donors (Lipinski definition) is 2. The molecule has 1 rings (SSSR count). The van der Waals surface area contributed by atoms with Crippen LogP contribution in [0.25, 0.3) is 0 Å². The van der Waals surface area contributed by atoms with E-state index in [1.54, 1.807) is 0 Å². The molecule has 1 aromatic carbocycles. The lowest BCUT2D eigenvalue weighted by atomic mass is 10.2. The molecule has 0 atom stereocenters. The van der Waals surface area contributed by atoms with E-state index < -0.39 is 5.97 Å². The van der Waals surface area contributed by atoms with Gasteiger partial charge in [0.05, 0.1) is 5.56 Å². The number of phenolic OH excluding ortho intramolecular Hbond substituents is 1. The van der Waals surface area contributed by atoms with Crippen molar-refractivity contribution in [1.82, 2.24) is 4.90 Å². The van der Waals surface area contributed by atoms with Crippen LogP contribution in [0.2, 0.25) is 0 Å². The Hall–Kier alpha value is -1.46. The van der Waals surface area contributed by atoms with Crippen LogP contribution in [0.3, 0.4) is 0 Å². The monoisotopic (exact) mass is 289 g/mol. The number of rotatable bonds is 5. The summed E-state index contributed by atoms with van der Waals surface area (Å²) in [6, 6.07) is 3.96. The van der Waals surface area contributed by atoms with E-state index in [4.69, 9.17) is 21.4 Å². The number of ether oxygens (including phenoxy) is 1. The minimum atomic E-state index is -1.04. The summed E-state index contributed by atoms with van der Waals surface area (Å²) in [6.07, 6.45) is 0. The maximum absolute atomic E-state index is 10.7. The third kappa shape index (κ3) is 7.54. The number of alkyl halides is 1. The van der Waals surface area contributed by atoms with Crippen LogP contribution in [-0.2, 0) is 0 Å². The number of carbonyl (C=O) groups is 1. The highest BCUT2D eigenvalue weighted by atomic mass is 35.5. The molecule has 0 unspecified atom stereocenters. The first-order valence-electron chi connectivity index (χ1n) is 5.82. The normalized spacial score (nSPS) is 9.74. The Labute approximate surface area is 118 Å². The largest absolute Gasteiger partial charge is 0.504 e. The van der Waals surface area contributed by atoms with E-state index in [1.165, 1.54) is 18.2 Å². The lowest BCUT2D eigenvalue weighted by Gasteiger charge is -2.12. The van der Waals surface area contributed by atoms with Gasteiger partial charge in [-0.15, -0.1) is 11.6 Å². The molecule has 0 aliphatic rings. The lowest BCUT2D eigenvalue weighted by molar-refractivity contribution is 0.0696. The van der Waals surface area contributed by atoms with Gasteiger partial charge in [-0.05, 0) is 32.3 Å². The molecule has 0 radical (unpaired) electrons. The molecule has 0 spiro atoms. The highest BCUT2D eigenvalue weighted by Gasteiger charge is 2.08. The summed E-state index contributed by atoms with van der Waals surface area (Å²) in [4.78, 5) is 12.6. The second-order valence-corrected chi connectivity index (χ2v) is 4.44. The molecule has 0 saturated carbocycles. The zero-order valence-electron chi connectivity index (χ0n) is 11.4. The van der Waals surface area contributed by atoms with E-state index in [0.29, 0.717) is 13.2 Å². The number of carboxylic acids is 1. The van der Waals surface area contributed by atoms with Crippen LogP contribution in [0, 0.1) is 0 Å². The molecule has 0 aliphatic heterocycles. The summed E-state index contributed by atoms with van der Waals surface area (Å²) in [7, 11) is 3.80. The molecule has 0 aliphatic carbocycles. The average molecular weight is 290 g/mol. The second-order valence-electron chi connectivity index (χ2n) is 3.91. The Kier molecular flexibility index (Phi) is 8.74. The van der Waals surface area contributed by atoms with Gasteiger partial charge in [0, 0.05) is 12.4 Å². The standard InChI is InChI=1S/C11H15NO4.C2H5Cl/c1-12(2)5-6-16-10-7-8(11(14)15)3-4-9(10)13;1-2-3/h3-4,7,13H,5-6H2,1-2H3,(H,14,15);2H2,1H3. The first-order valence-corrected chi connectivity index (χ1v) is 6.35. The Bertz CT molecular complexity index is 396. The molecule has 0 saturated heterocycles. The molecule has 0 fully saturated rings. The lowest BCUT2D eigenvalue weighted by Crippen LogP contribution is -2.19. The Morgan fingerprint density at radius 2 is 2.00 bits per heavy atom. The van der Waals surface area contributed by atoms with E-state index in [9.17, 15) is 9.90 Å². The molecular weight excluding hydrogens is 270 g/mol. The van der Waals surface area contributed by atoms with Crippen LogP contribution >= 0.6 is 11.6 Å². The van der Waals surface area contributed by atoms with E-state index in [-0.39, 0.29) is 17.1 Å². The van der Waals surface area contributed by atoms with Gasteiger partial charge in [0.15, 0.2) is 11.5 Å². The molecule has 5 nitrogen and oxygen atoms in total. The molecule has 6 heteroatoms. The van der Waals surface area contributed by atoms with Crippen LogP contribution in [0.15, 0.2) is 18.2 Å². The van der Waals surface area contributed by atoms with Gasteiger partial charge in [-0.2, -0.15) is 0 Å². The van der Waals surface area contributed by atoms with Gasteiger partial charge in [-0.1, -0.05) is 6.92 Å². The molecule has 2 N–H and O–H groups in total. The van der Waals surface area contributed by atoms with Crippen LogP contribution in [-0.4, -0.2) is 54.2 Å². The predicted octanol–water partition coefficient (Wildman–Crippen LogP) is 2.28. The average Bonchev–Trinajstić information content (AvgIpc) is 2.31. The second kappa shape index (κ2) is 9.47. The number of carboxylic acid groups (broad SMARTS) is 1. The first kappa shape index (κ1) is 17.5. The fourth-order valence-corrected chi connectivity index (χ4v) is 1.10. The van der Waals surface area contributed by atoms with Crippen LogP contribution in [0.1, 0.15) is 17.3 Å². The molecule has 0 bridgehead atoms. The van der Waals surface area contributed by atoms with Crippen molar-refractivity contribution < 1.29 is 19.7 Å². The zero-order chi connectivity index (χ0) is 14.8. The van der Waals surface area contributed by atoms with Crippen molar-refractivity contribution in [2.75, 3.05) is 33.1 Å². The van der Waals surface area contributed by atoms with Crippen molar-refractivity contribution in [1.29, 1.82) is 0 Å². The summed E-state index contributed by atoms with van der Waals surface area (Å²) in [5, 5.41) is 18.2. The predicted molar refractivity (Wildman–Crippen MR) is 75.5 cm³/mol. The fourth-order valence-electron chi connectivity index (χ4n) is 1.10. The maximum atomic E-state index is 10.7. The summed E-state index contributed by atoms with van der Waals surface area (Å²) in [5.74, 6) is -0.178. The number of benzene rings is 1. The summed E-state index contributed by atoms with van der Waals surface area (Å²) in [5.41, 5.74) is 0.0950. The Morgan fingerprint density at radius 1 is 1.42 bits per heavy atom. The molecular formula is C13H20ClNO4. The summed E-state index contributed by atoms with van der Waals surface area (Å²) < 4.78 is 5.28. The first-order chi connectivity index (χ1) is 8.92. The minimum Gasteiger partial charge on any atom is -0.504 e. The van der Waals surface area contributed by atoms with Crippen LogP contribution < -0.4 is 4.74 Å². The van der Waals surface area contributed by atoms with E-state index >= 15 is 0 Å². The van der Waals surface area contributed by atoms with Crippen molar-refractivity contribution in [2.24, 2.45) is 0 Å². The number of aromatic hydroxyl groups is 1. The molecule has 108 valence electrons. The Morgan fingerprint density at radius 3 is 2.47 bits per heavy atom. The van der Waals surface area contributed by atoms with Crippen LogP contribution in [0.5, 0.6) is 11.5 Å². The number of aromatic carboxylic acids is 1. The minimum absolute atomic E-state index is 0.0521. The van der Waals surface area contributed by atoms with Gasteiger partial charge in [0.2, 0.25) is 0 Å². The number of likely N-dealkylation sites (N-methyl/N-ethyl adjacent to an activating group) is 1. The number of phenols is 1. The highest BCUT2D eigenvalue weighted by Crippen LogP contribution is 2.26. The quantitative estimate of drug-likeness (QED) is 0.814. The van der Waals surface area contributed by atoms with Gasteiger partial charge in [-0.25, -0.2) is 4.79 Å². The maximum Gasteiger partial charge on any atom is 0.335 e. The van der Waals surface area contributed by atoms with E-state index in [1.807, 2.05) is 25.9 Å². The Balaban J connectivity index is 0.000000982. The molecule has 19 heavy (non-hydrogen) atoms. The number of halogens is 1. The van der Waals surface area contributed by atoms with Crippen molar-refractivity contribution in [3.63, 3.8) is 0 Å². The van der Waals surface area contributed by atoms with E-state index in [2.05, 4.69) is 0 Å². The number of hydrogen-bond acceptors (Lipinski definition) is 4. The van der Waals surface area contributed by atoms with Crippen molar-refractivity contribution >= 4 is 17.6 Å². The summed E-state index contributed by atoms with van der Waals surface area (Å²) >= 11 is 5.00. The van der Waals surface area contributed by atoms with Crippen molar-refractivity contribution in [2.45, 2.75) is 6.92 Å². The van der Waals surface area contributed by atoms with Gasteiger partial charge in [-0.3, -0.25) is 0 Å². The molecule has 1 aromatic rings. The SMILES string of the molecule is CCCl.CN(C)CCOc1cc(C(=O)O)ccc1O. The van der Waals surface area contributed by atoms with Crippen LogP contribution in [0.4, 0.5) is 0 Å². The summed E-state index contributed by atoms with van der Waals surface area (Å²) in [6.45, 7) is 2.97. The smallest absolute Gasteiger partial charge is 0.335 e. The number of nitrogens with zero attached hydrogens (tertiary/aromatic N) is 1. The third-order valence-corrected chi connectivity index (χ3v) is 2.00. The van der Waals surface area contributed by atoms with E-state index in [0.717, 1.165) is 5.88 Å². The third-order valence-electron chi connectivity index (χ3n) is 2.00. The van der Waals surface area contributed by atoms with Gasteiger partial charge >= 0.3 is 5.97 Å². The van der Waals surface area contributed by atoms with Gasteiger partial charge < -0.3 is 19.8 Å². The fraction of sp³-hybridized carbons (Fsp3) is 0.462. The van der Waals surface area contributed by atoms with Crippen molar-refractivity contribution in [3.05, 3.63) is 23.8 Å². The van der Waals surface area contributed by atoms with Gasteiger partial charge in [0.1, 0.15) is 6.61 Å². The van der Waals surface area contributed by atoms with Crippen molar-refractivity contribution in [3.8, 4) is 11.5 Å². The molecule has 0 amide bonds.